The highest BCUT2D eigenvalue weighted by Crippen LogP contribution is 2.26. The lowest BCUT2D eigenvalue weighted by Gasteiger charge is -2.21. The first-order chi connectivity index (χ1) is 11.0. The van der Waals surface area contributed by atoms with Gasteiger partial charge in [0.1, 0.15) is 6.10 Å². The fourth-order valence-electron chi connectivity index (χ4n) is 2.32. The smallest absolute Gasteiger partial charge is 0.409 e. The van der Waals surface area contributed by atoms with E-state index in [0.717, 1.165) is 16.7 Å². The van der Waals surface area contributed by atoms with Crippen molar-refractivity contribution in [3.63, 3.8) is 0 Å². The van der Waals surface area contributed by atoms with Gasteiger partial charge in [-0.25, -0.2) is 4.79 Å². The number of benzene rings is 2. The number of aliphatic hydroxyl groups excluding tert-OH is 1. The topological polar surface area (TPSA) is 49.8 Å². The lowest BCUT2D eigenvalue weighted by molar-refractivity contribution is 0.113. The van der Waals surface area contributed by atoms with Gasteiger partial charge in [0.15, 0.2) is 0 Å². The van der Waals surface area contributed by atoms with Crippen molar-refractivity contribution in [2.24, 2.45) is 0 Å². The first-order valence-electron chi connectivity index (χ1n) is 7.42. The summed E-state index contributed by atoms with van der Waals surface area (Å²) in [6.07, 6.45) is -1.16. The van der Waals surface area contributed by atoms with Crippen LogP contribution < -0.4 is 0 Å². The van der Waals surface area contributed by atoms with Crippen LogP contribution in [0.15, 0.2) is 48.5 Å². The Balaban J connectivity index is 2.23. The number of carbonyl (C=O) groups excluding carboxylic acids is 1. The van der Waals surface area contributed by atoms with Crippen molar-refractivity contribution in [3.8, 4) is 0 Å². The van der Waals surface area contributed by atoms with Gasteiger partial charge >= 0.3 is 6.09 Å². The molecule has 1 N–H and O–H groups in total. The molecular weight excluding hydrogens is 314 g/mol. The molecule has 5 heteroatoms. The summed E-state index contributed by atoms with van der Waals surface area (Å²) in [6, 6.07) is 14.6. The van der Waals surface area contributed by atoms with E-state index in [2.05, 4.69) is 0 Å². The molecule has 4 nitrogen and oxygen atoms in total. The lowest BCUT2D eigenvalue weighted by Crippen LogP contribution is -2.27. The molecule has 0 aliphatic carbocycles. The normalized spacial score (nSPS) is 11.8. The number of nitrogens with zero attached hydrogens (tertiary/aromatic N) is 1. The van der Waals surface area contributed by atoms with E-state index in [0.29, 0.717) is 18.2 Å². The van der Waals surface area contributed by atoms with Gasteiger partial charge in [0.25, 0.3) is 0 Å². The second-order valence-electron chi connectivity index (χ2n) is 5.21. The summed E-state index contributed by atoms with van der Waals surface area (Å²) in [5.74, 6) is 0. The number of amides is 1. The molecule has 0 aliphatic rings. The molecule has 2 aromatic rings. The highest BCUT2D eigenvalue weighted by molar-refractivity contribution is 6.30. The average molecular weight is 334 g/mol. The molecule has 0 spiro atoms. The van der Waals surface area contributed by atoms with Crippen molar-refractivity contribution in [1.29, 1.82) is 0 Å². The predicted molar refractivity (Wildman–Crippen MR) is 90.4 cm³/mol. The van der Waals surface area contributed by atoms with Crippen molar-refractivity contribution in [2.75, 3.05) is 13.7 Å². The summed E-state index contributed by atoms with van der Waals surface area (Å²) in [6.45, 7) is 2.46. The second kappa shape index (κ2) is 7.99. The van der Waals surface area contributed by atoms with E-state index in [1.54, 1.807) is 38.2 Å². The van der Waals surface area contributed by atoms with Crippen LogP contribution in [-0.4, -0.2) is 29.8 Å². The van der Waals surface area contributed by atoms with E-state index < -0.39 is 6.10 Å². The first kappa shape index (κ1) is 17.3. The number of hydrogen-bond acceptors (Lipinski definition) is 3. The molecule has 1 atom stereocenters. The molecule has 0 aliphatic heterocycles. The summed E-state index contributed by atoms with van der Waals surface area (Å²) in [5.41, 5.74) is 2.37. The van der Waals surface area contributed by atoms with E-state index in [9.17, 15) is 9.90 Å². The Kier molecular flexibility index (Phi) is 6.02. The maximum absolute atomic E-state index is 11.8. The zero-order valence-corrected chi connectivity index (χ0v) is 14.0. The van der Waals surface area contributed by atoms with Crippen molar-refractivity contribution >= 4 is 17.7 Å². The SMILES string of the molecule is CCOC(=O)N(C)Cc1ccccc1[C@H](O)c1ccc(Cl)cc1. The van der Waals surface area contributed by atoms with Gasteiger partial charge in [-0.15, -0.1) is 0 Å². The van der Waals surface area contributed by atoms with Gasteiger partial charge < -0.3 is 14.7 Å². The maximum atomic E-state index is 11.8. The van der Waals surface area contributed by atoms with Crippen LogP contribution >= 0.6 is 11.6 Å². The Hall–Kier alpha value is -2.04. The third-order valence-electron chi connectivity index (χ3n) is 3.52. The maximum Gasteiger partial charge on any atom is 0.409 e. The Morgan fingerprint density at radius 1 is 1.22 bits per heavy atom. The van der Waals surface area contributed by atoms with E-state index in [-0.39, 0.29) is 6.09 Å². The number of rotatable bonds is 5. The molecule has 0 saturated heterocycles. The third kappa shape index (κ3) is 4.47. The molecule has 1 amide bonds. The van der Waals surface area contributed by atoms with E-state index in [1.165, 1.54) is 4.90 Å². The Morgan fingerprint density at radius 3 is 2.52 bits per heavy atom. The van der Waals surface area contributed by atoms with Crippen LogP contribution in [0.4, 0.5) is 4.79 Å². The largest absolute Gasteiger partial charge is 0.450 e. The fraction of sp³-hybridized carbons (Fsp3) is 0.278. The van der Waals surface area contributed by atoms with E-state index >= 15 is 0 Å². The minimum Gasteiger partial charge on any atom is -0.450 e. The molecule has 0 heterocycles. The van der Waals surface area contributed by atoms with Gasteiger partial charge in [0.2, 0.25) is 0 Å². The third-order valence-corrected chi connectivity index (χ3v) is 3.77. The zero-order chi connectivity index (χ0) is 16.8. The molecule has 2 aromatic carbocycles. The molecule has 0 aromatic heterocycles. The highest BCUT2D eigenvalue weighted by Gasteiger charge is 2.17. The standard InChI is InChI=1S/C18H20ClNO3/c1-3-23-18(22)20(2)12-14-6-4-5-7-16(14)17(21)13-8-10-15(19)11-9-13/h4-11,17,21H,3,12H2,1-2H3/t17-/m1/s1. The summed E-state index contributed by atoms with van der Waals surface area (Å²) in [7, 11) is 1.67. The first-order valence-corrected chi connectivity index (χ1v) is 7.80. The van der Waals surface area contributed by atoms with E-state index in [1.807, 2.05) is 24.3 Å². The molecule has 23 heavy (non-hydrogen) atoms. The quantitative estimate of drug-likeness (QED) is 0.899. The summed E-state index contributed by atoms with van der Waals surface area (Å²) >= 11 is 5.89. The van der Waals surface area contributed by atoms with Gasteiger partial charge in [-0.05, 0) is 35.7 Å². The average Bonchev–Trinajstić information content (AvgIpc) is 2.55. The lowest BCUT2D eigenvalue weighted by atomic mass is 9.96. The molecule has 0 radical (unpaired) electrons. The minimum atomic E-state index is -0.779. The van der Waals surface area contributed by atoms with Crippen LogP contribution in [0.3, 0.4) is 0 Å². The molecule has 0 saturated carbocycles. The number of ether oxygens (including phenoxy) is 1. The molecular formula is C18H20ClNO3. The monoisotopic (exact) mass is 333 g/mol. The number of hydrogen-bond donors (Lipinski definition) is 1. The van der Waals surface area contributed by atoms with Crippen LogP contribution in [-0.2, 0) is 11.3 Å². The van der Waals surface area contributed by atoms with Crippen LogP contribution in [0.5, 0.6) is 0 Å². The molecule has 0 bridgehead atoms. The Bertz CT molecular complexity index is 658. The van der Waals surface area contributed by atoms with Crippen LogP contribution in [0, 0.1) is 0 Å². The molecule has 122 valence electrons. The van der Waals surface area contributed by atoms with E-state index in [4.69, 9.17) is 16.3 Å². The van der Waals surface area contributed by atoms with Crippen LogP contribution in [0.1, 0.15) is 29.7 Å². The van der Waals surface area contributed by atoms with Gasteiger partial charge in [0, 0.05) is 18.6 Å². The second-order valence-corrected chi connectivity index (χ2v) is 5.64. The molecule has 2 rings (SSSR count). The predicted octanol–water partition coefficient (Wildman–Crippen LogP) is 4.01. The Labute approximate surface area is 141 Å². The minimum absolute atomic E-state index is 0.332. The summed E-state index contributed by atoms with van der Waals surface area (Å²) in [5, 5.41) is 11.3. The van der Waals surface area contributed by atoms with Crippen molar-refractivity contribution in [1.82, 2.24) is 4.90 Å². The van der Waals surface area contributed by atoms with Gasteiger partial charge in [-0.2, -0.15) is 0 Å². The van der Waals surface area contributed by atoms with Crippen molar-refractivity contribution < 1.29 is 14.6 Å². The molecule has 0 unspecified atom stereocenters. The van der Waals surface area contributed by atoms with Crippen molar-refractivity contribution in [3.05, 3.63) is 70.2 Å². The Morgan fingerprint density at radius 2 is 1.87 bits per heavy atom. The zero-order valence-electron chi connectivity index (χ0n) is 13.2. The van der Waals surface area contributed by atoms with Gasteiger partial charge in [-0.3, -0.25) is 0 Å². The van der Waals surface area contributed by atoms with Crippen molar-refractivity contribution in [2.45, 2.75) is 19.6 Å². The van der Waals surface area contributed by atoms with Crippen LogP contribution in [0.25, 0.3) is 0 Å². The van der Waals surface area contributed by atoms with Gasteiger partial charge in [-0.1, -0.05) is 48.0 Å². The number of aliphatic hydroxyl groups is 1. The summed E-state index contributed by atoms with van der Waals surface area (Å²) < 4.78 is 4.98. The molecule has 0 fully saturated rings. The van der Waals surface area contributed by atoms with Gasteiger partial charge in [0.05, 0.1) is 6.61 Å². The fourth-order valence-corrected chi connectivity index (χ4v) is 2.45. The highest BCUT2D eigenvalue weighted by atomic mass is 35.5. The van der Waals surface area contributed by atoms with Crippen LogP contribution in [0.2, 0.25) is 5.02 Å². The number of halogens is 1. The number of carbonyl (C=O) groups is 1. The summed E-state index contributed by atoms with van der Waals surface area (Å²) in [4.78, 5) is 13.2.